The van der Waals surface area contributed by atoms with E-state index in [1.165, 1.54) is 13.4 Å². The highest BCUT2D eigenvalue weighted by Gasteiger charge is 2.21. The molecule has 140 valence electrons. The normalized spacial score (nSPS) is 10.4. The van der Waals surface area contributed by atoms with Gasteiger partial charge in [-0.2, -0.15) is 0 Å². The Balaban J connectivity index is 2.14. The predicted molar refractivity (Wildman–Crippen MR) is 97.2 cm³/mol. The van der Waals surface area contributed by atoms with Crippen molar-refractivity contribution < 1.29 is 18.7 Å². The van der Waals surface area contributed by atoms with Crippen molar-refractivity contribution in [3.05, 3.63) is 47.7 Å². The second-order valence-corrected chi connectivity index (χ2v) is 5.81. The standard InChI is InChI=1S/C19H25N3O4/c1-4-10-20-18(23)15-13-26-17(21-15)12-22(11-5-2)19(24)14-8-6-7-9-16(14)25-3/h6-9,13H,4-5,10-12H2,1-3H3,(H,20,23). The van der Waals surface area contributed by atoms with Crippen molar-refractivity contribution in [3.63, 3.8) is 0 Å². The van der Waals surface area contributed by atoms with Gasteiger partial charge in [0.25, 0.3) is 11.8 Å². The second-order valence-electron chi connectivity index (χ2n) is 5.81. The van der Waals surface area contributed by atoms with Gasteiger partial charge in [-0.1, -0.05) is 26.0 Å². The number of amides is 2. The summed E-state index contributed by atoms with van der Waals surface area (Å²) in [6.07, 6.45) is 2.94. The fourth-order valence-electron chi connectivity index (χ4n) is 2.49. The van der Waals surface area contributed by atoms with Crippen LogP contribution in [0.4, 0.5) is 0 Å². The lowest BCUT2D eigenvalue weighted by molar-refractivity contribution is 0.0725. The maximum atomic E-state index is 12.9. The molecule has 0 aliphatic rings. The third-order valence-electron chi connectivity index (χ3n) is 3.76. The van der Waals surface area contributed by atoms with Crippen LogP contribution in [0.3, 0.4) is 0 Å². The minimum Gasteiger partial charge on any atom is -0.496 e. The zero-order valence-electron chi connectivity index (χ0n) is 15.4. The minimum atomic E-state index is -0.278. The van der Waals surface area contributed by atoms with Crippen molar-refractivity contribution >= 4 is 11.8 Å². The predicted octanol–water partition coefficient (Wildman–Crippen LogP) is 2.88. The topological polar surface area (TPSA) is 84.7 Å². The van der Waals surface area contributed by atoms with Gasteiger partial charge in [-0.25, -0.2) is 4.98 Å². The first-order valence-electron chi connectivity index (χ1n) is 8.75. The van der Waals surface area contributed by atoms with Crippen LogP contribution in [0.5, 0.6) is 5.75 Å². The van der Waals surface area contributed by atoms with E-state index in [2.05, 4.69) is 10.3 Å². The van der Waals surface area contributed by atoms with Gasteiger partial charge in [0.15, 0.2) is 5.69 Å². The summed E-state index contributed by atoms with van der Waals surface area (Å²) in [5, 5.41) is 2.75. The van der Waals surface area contributed by atoms with Gasteiger partial charge >= 0.3 is 0 Å². The Morgan fingerprint density at radius 2 is 2.00 bits per heavy atom. The monoisotopic (exact) mass is 359 g/mol. The average molecular weight is 359 g/mol. The number of carbonyl (C=O) groups is 2. The molecule has 2 rings (SSSR count). The quantitative estimate of drug-likeness (QED) is 0.744. The lowest BCUT2D eigenvalue weighted by Gasteiger charge is -2.21. The molecule has 0 aliphatic heterocycles. The summed E-state index contributed by atoms with van der Waals surface area (Å²) in [5.74, 6) is 0.397. The first-order valence-corrected chi connectivity index (χ1v) is 8.75. The van der Waals surface area contributed by atoms with E-state index in [1.807, 2.05) is 19.9 Å². The molecule has 1 aromatic carbocycles. The summed E-state index contributed by atoms with van der Waals surface area (Å²) in [6, 6.07) is 7.08. The van der Waals surface area contributed by atoms with Crippen molar-refractivity contribution in [2.75, 3.05) is 20.2 Å². The van der Waals surface area contributed by atoms with Crippen molar-refractivity contribution in [2.24, 2.45) is 0 Å². The maximum absolute atomic E-state index is 12.9. The molecule has 0 fully saturated rings. The number of nitrogens with zero attached hydrogens (tertiary/aromatic N) is 2. The number of nitrogens with one attached hydrogen (secondary N) is 1. The van der Waals surface area contributed by atoms with Crippen LogP contribution < -0.4 is 10.1 Å². The average Bonchev–Trinajstić information content (AvgIpc) is 3.13. The third-order valence-corrected chi connectivity index (χ3v) is 3.76. The Kier molecular flexibility index (Phi) is 7.20. The number of benzene rings is 1. The molecule has 26 heavy (non-hydrogen) atoms. The molecule has 2 aromatic rings. The van der Waals surface area contributed by atoms with E-state index in [1.54, 1.807) is 23.1 Å². The molecular weight excluding hydrogens is 334 g/mol. The van der Waals surface area contributed by atoms with E-state index in [9.17, 15) is 9.59 Å². The fraction of sp³-hybridized carbons (Fsp3) is 0.421. The molecular formula is C19H25N3O4. The van der Waals surface area contributed by atoms with Crippen molar-refractivity contribution in [3.8, 4) is 5.75 Å². The molecule has 0 saturated carbocycles. The van der Waals surface area contributed by atoms with E-state index in [4.69, 9.17) is 9.15 Å². The minimum absolute atomic E-state index is 0.167. The molecule has 0 unspecified atom stereocenters. The molecule has 0 atom stereocenters. The van der Waals surface area contributed by atoms with Gasteiger partial charge in [-0.05, 0) is 25.0 Å². The number of hydrogen-bond acceptors (Lipinski definition) is 5. The molecule has 0 aliphatic carbocycles. The van der Waals surface area contributed by atoms with Gasteiger partial charge in [0.2, 0.25) is 5.89 Å². The van der Waals surface area contributed by atoms with Crippen LogP contribution in [0.15, 0.2) is 34.9 Å². The number of hydrogen-bond donors (Lipinski definition) is 1. The number of ether oxygens (including phenoxy) is 1. The zero-order chi connectivity index (χ0) is 18.9. The van der Waals surface area contributed by atoms with Gasteiger partial charge in [0, 0.05) is 13.1 Å². The molecule has 2 amide bonds. The maximum Gasteiger partial charge on any atom is 0.273 e. The van der Waals surface area contributed by atoms with E-state index >= 15 is 0 Å². The lowest BCUT2D eigenvalue weighted by Crippen LogP contribution is -2.32. The molecule has 1 aromatic heterocycles. The van der Waals surface area contributed by atoms with Gasteiger partial charge < -0.3 is 19.4 Å². The summed E-state index contributed by atoms with van der Waals surface area (Å²) in [4.78, 5) is 30.7. The Labute approximate surface area is 153 Å². The first-order chi connectivity index (χ1) is 12.6. The molecule has 1 heterocycles. The number of carbonyl (C=O) groups excluding carboxylic acids is 2. The van der Waals surface area contributed by atoms with E-state index in [0.29, 0.717) is 30.3 Å². The molecule has 7 nitrogen and oxygen atoms in total. The van der Waals surface area contributed by atoms with Crippen LogP contribution in [0.1, 0.15) is 53.4 Å². The van der Waals surface area contributed by atoms with Gasteiger partial charge in [0.05, 0.1) is 19.2 Å². The smallest absolute Gasteiger partial charge is 0.273 e. The summed E-state index contributed by atoms with van der Waals surface area (Å²) in [6.45, 7) is 5.26. The van der Waals surface area contributed by atoms with Crippen LogP contribution in [-0.2, 0) is 6.54 Å². The van der Waals surface area contributed by atoms with E-state index in [0.717, 1.165) is 12.8 Å². The summed E-state index contributed by atoms with van der Waals surface area (Å²) in [7, 11) is 1.53. The molecule has 7 heteroatoms. The number of oxazole rings is 1. The van der Waals surface area contributed by atoms with Gasteiger partial charge in [0.1, 0.15) is 12.0 Å². The van der Waals surface area contributed by atoms with Crippen molar-refractivity contribution in [1.82, 2.24) is 15.2 Å². The summed E-state index contributed by atoms with van der Waals surface area (Å²) in [5.41, 5.74) is 0.700. The molecule has 0 radical (unpaired) electrons. The Hall–Kier alpha value is -2.83. The molecule has 0 saturated heterocycles. The van der Waals surface area contributed by atoms with Crippen LogP contribution >= 0.6 is 0 Å². The number of aromatic nitrogens is 1. The van der Waals surface area contributed by atoms with Crippen LogP contribution in [0.25, 0.3) is 0 Å². The highest BCUT2D eigenvalue weighted by molar-refractivity contribution is 5.97. The lowest BCUT2D eigenvalue weighted by atomic mass is 10.1. The van der Waals surface area contributed by atoms with Crippen LogP contribution in [0, 0.1) is 0 Å². The number of para-hydroxylation sites is 1. The second kappa shape index (κ2) is 9.60. The first kappa shape index (κ1) is 19.5. The third kappa shape index (κ3) is 4.84. The number of methoxy groups -OCH3 is 1. The van der Waals surface area contributed by atoms with Crippen molar-refractivity contribution in [2.45, 2.75) is 33.2 Å². The van der Waals surface area contributed by atoms with E-state index < -0.39 is 0 Å². The van der Waals surface area contributed by atoms with Gasteiger partial charge in [-0.15, -0.1) is 0 Å². The fourth-order valence-corrected chi connectivity index (χ4v) is 2.49. The highest BCUT2D eigenvalue weighted by atomic mass is 16.5. The van der Waals surface area contributed by atoms with Crippen LogP contribution in [-0.4, -0.2) is 41.9 Å². The molecule has 1 N–H and O–H groups in total. The van der Waals surface area contributed by atoms with Crippen molar-refractivity contribution in [1.29, 1.82) is 0 Å². The summed E-state index contributed by atoms with van der Waals surface area (Å²) >= 11 is 0. The van der Waals surface area contributed by atoms with E-state index in [-0.39, 0.29) is 24.1 Å². The highest BCUT2D eigenvalue weighted by Crippen LogP contribution is 2.20. The molecule has 0 spiro atoms. The van der Waals surface area contributed by atoms with Crippen LogP contribution in [0.2, 0.25) is 0 Å². The Morgan fingerprint density at radius 1 is 1.23 bits per heavy atom. The Morgan fingerprint density at radius 3 is 2.69 bits per heavy atom. The molecule has 0 bridgehead atoms. The zero-order valence-corrected chi connectivity index (χ0v) is 15.4. The Bertz CT molecular complexity index is 742. The SMILES string of the molecule is CCCNC(=O)c1coc(CN(CCC)C(=O)c2ccccc2OC)n1. The summed E-state index contributed by atoms with van der Waals surface area (Å²) < 4.78 is 10.7. The van der Waals surface area contributed by atoms with Gasteiger partial charge in [-0.3, -0.25) is 9.59 Å². The largest absolute Gasteiger partial charge is 0.496 e. The number of rotatable bonds is 9.